The van der Waals surface area contributed by atoms with Gasteiger partial charge in [-0.15, -0.1) is 11.3 Å². The molecule has 0 bridgehead atoms. The molecule has 1 aliphatic heterocycles. The quantitative estimate of drug-likeness (QED) is 0.323. The Bertz CT molecular complexity index is 1100. The molecule has 1 aromatic heterocycles. The molecule has 3 aromatic rings. The molecule has 0 aliphatic carbocycles. The standard InChI is InChI=1S/C22H18F4N2O3S/c23-21(24)30-14-9-7-13(17(12-14)31-22(25)26)8-10-19(29)28-11-3-5-16(28)20-27-15-4-1-2-6-18(15)32-20/h1-2,4,6-10,12,16,21-22H,3,5,11H2/b10-8+. The summed E-state index contributed by atoms with van der Waals surface area (Å²) in [4.78, 5) is 19.2. The molecule has 1 atom stereocenters. The lowest BCUT2D eigenvalue weighted by atomic mass is 10.1. The number of amides is 1. The van der Waals surface area contributed by atoms with E-state index >= 15 is 0 Å². The maximum atomic E-state index is 12.9. The molecule has 1 unspecified atom stereocenters. The first-order valence-electron chi connectivity index (χ1n) is 9.78. The molecule has 2 aromatic carbocycles. The number of aromatic nitrogens is 1. The van der Waals surface area contributed by atoms with Crippen molar-refractivity contribution in [2.75, 3.05) is 6.54 Å². The molecule has 0 saturated carbocycles. The molecule has 0 radical (unpaired) electrons. The highest BCUT2D eigenvalue weighted by Gasteiger charge is 2.31. The monoisotopic (exact) mass is 466 g/mol. The van der Waals surface area contributed by atoms with Crippen LogP contribution in [0, 0.1) is 0 Å². The number of thiazole rings is 1. The summed E-state index contributed by atoms with van der Waals surface area (Å²) in [5, 5.41) is 0.848. The second-order valence-electron chi connectivity index (χ2n) is 7.00. The van der Waals surface area contributed by atoms with Crippen molar-refractivity contribution in [3.63, 3.8) is 0 Å². The van der Waals surface area contributed by atoms with Crippen LogP contribution < -0.4 is 9.47 Å². The van der Waals surface area contributed by atoms with E-state index in [1.165, 1.54) is 35.6 Å². The van der Waals surface area contributed by atoms with Gasteiger partial charge in [-0.2, -0.15) is 17.6 Å². The summed E-state index contributed by atoms with van der Waals surface area (Å²) >= 11 is 1.54. The van der Waals surface area contributed by atoms with Crippen molar-refractivity contribution < 1.29 is 31.8 Å². The fraction of sp³-hybridized carbons (Fsp3) is 0.273. The highest BCUT2D eigenvalue weighted by atomic mass is 32.1. The molecule has 0 spiro atoms. The Labute approximate surface area is 184 Å². The lowest BCUT2D eigenvalue weighted by Crippen LogP contribution is -2.28. The first-order valence-corrected chi connectivity index (χ1v) is 10.6. The van der Waals surface area contributed by atoms with Gasteiger partial charge in [-0.05, 0) is 43.2 Å². The van der Waals surface area contributed by atoms with Crippen LogP contribution in [-0.4, -0.2) is 35.6 Å². The van der Waals surface area contributed by atoms with Crippen molar-refractivity contribution in [2.45, 2.75) is 32.1 Å². The summed E-state index contributed by atoms with van der Waals surface area (Å²) in [6, 6.07) is 11.0. The number of alkyl halides is 4. The van der Waals surface area contributed by atoms with Crippen LogP contribution in [0.25, 0.3) is 16.3 Å². The van der Waals surface area contributed by atoms with Crippen LogP contribution in [0.3, 0.4) is 0 Å². The van der Waals surface area contributed by atoms with Gasteiger partial charge in [0.2, 0.25) is 5.91 Å². The van der Waals surface area contributed by atoms with Gasteiger partial charge in [0.15, 0.2) is 0 Å². The van der Waals surface area contributed by atoms with Gasteiger partial charge in [-0.1, -0.05) is 12.1 Å². The van der Waals surface area contributed by atoms with Gasteiger partial charge in [0, 0.05) is 24.3 Å². The molecule has 1 aliphatic rings. The van der Waals surface area contributed by atoms with E-state index in [1.807, 2.05) is 24.3 Å². The normalized spacial score (nSPS) is 16.6. The third kappa shape index (κ3) is 5.01. The minimum atomic E-state index is -3.17. The molecule has 32 heavy (non-hydrogen) atoms. The number of hydrogen-bond donors (Lipinski definition) is 0. The second kappa shape index (κ2) is 9.56. The molecule has 168 valence electrons. The van der Waals surface area contributed by atoms with E-state index < -0.39 is 13.2 Å². The predicted octanol–water partition coefficient (Wildman–Crippen LogP) is 5.88. The number of hydrogen-bond acceptors (Lipinski definition) is 5. The Kier molecular flexibility index (Phi) is 6.59. The first-order chi connectivity index (χ1) is 15.4. The summed E-state index contributed by atoms with van der Waals surface area (Å²) in [7, 11) is 0. The van der Waals surface area contributed by atoms with E-state index in [0.717, 1.165) is 34.1 Å². The summed E-state index contributed by atoms with van der Waals surface area (Å²) in [5.41, 5.74) is 1.01. The minimum absolute atomic E-state index is 0.135. The van der Waals surface area contributed by atoms with E-state index in [9.17, 15) is 22.4 Å². The SMILES string of the molecule is O=C(/C=C/c1ccc(OC(F)F)cc1OC(F)F)N1CCCC1c1nc2ccccc2s1. The highest BCUT2D eigenvalue weighted by Crippen LogP contribution is 2.37. The zero-order valence-electron chi connectivity index (χ0n) is 16.6. The summed E-state index contributed by atoms with van der Waals surface area (Å²) in [5.74, 6) is -0.997. The van der Waals surface area contributed by atoms with Gasteiger partial charge < -0.3 is 14.4 Å². The van der Waals surface area contributed by atoms with Gasteiger partial charge in [0.25, 0.3) is 0 Å². The number of rotatable bonds is 7. The van der Waals surface area contributed by atoms with Crippen LogP contribution in [0.2, 0.25) is 0 Å². The zero-order valence-corrected chi connectivity index (χ0v) is 17.4. The van der Waals surface area contributed by atoms with Crippen molar-refractivity contribution in [1.82, 2.24) is 9.88 Å². The van der Waals surface area contributed by atoms with E-state index in [1.54, 1.807) is 4.90 Å². The highest BCUT2D eigenvalue weighted by molar-refractivity contribution is 7.18. The largest absolute Gasteiger partial charge is 0.435 e. The maximum Gasteiger partial charge on any atom is 0.387 e. The molecule has 2 heterocycles. The Hall–Kier alpha value is -3.14. The maximum absolute atomic E-state index is 12.9. The average molecular weight is 466 g/mol. The Morgan fingerprint density at radius 1 is 1.12 bits per heavy atom. The Balaban J connectivity index is 1.54. The number of carbonyl (C=O) groups excluding carboxylic acids is 1. The molecule has 5 nitrogen and oxygen atoms in total. The van der Waals surface area contributed by atoms with Crippen LogP contribution in [0.4, 0.5) is 17.6 Å². The fourth-order valence-electron chi connectivity index (χ4n) is 3.60. The van der Waals surface area contributed by atoms with E-state index in [2.05, 4.69) is 14.5 Å². The van der Waals surface area contributed by atoms with Gasteiger partial charge in [-0.25, -0.2) is 4.98 Å². The first kappa shape index (κ1) is 22.1. The number of ether oxygens (including phenoxy) is 2. The summed E-state index contributed by atoms with van der Waals surface area (Å²) in [6.07, 6.45) is 4.17. The van der Waals surface area contributed by atoms with Crippen LogP contribution in [0.5, 0.6) is 11.5 Å². The van der Waals surface area contributed by atoms with E-state index in [0.29, 0.717) is 6.54 Å². The lowest BCUT2D eigenvalue weighted by Gasteiger charge is -2.21. The van der Waals surface area contributed by atoms with Crippen LogP contribution in [0.15, 0.2) is 48.5 Å². The third-order valence-corrected chi connectivity index (χ3v) is 6.10. The average Bonchev–Trinajstić information content (AvgIpc) is 3.39. The van der Waals surface area contributed by atoms with Crippen molar-refractivity contribution in [1.29, 1.82) is 0 Å². The Morgan fingerprint density at radius 3 is 2.66 bits per heavy atom. The number of fused-ring (bicyclic) bond motifs is 1. The van der Waals surface area contributed by atoms with E-state index in [-0.39, 0.29) is 29.0 Å². The molecule has 10 heteroatoms. The smallest absolute Gasteiger partial charge is 0.387 e. The number of nitrogens with zero attached hydrogens (tertiary/aromatic N) is 2. The predicted molar refractivity (Wildman–Crippen MR) is 112 cm³/mol. The zero-order chi connectivity index (χ0) is 22.7. The molecule has 1 fully saturated rings. The molecule has 4 rings (SSSR count). The molecule has 1 saturated heterocycles. The van der Waals surface area contributed by atoms with Crippen molar-refractivity contribution in [3.8, 4) is 11.5 Å². The molecular weight excluding hydrogens is 448 g/mol. The topological polar surface area (TPSA) is 51.7 Å². The van der Waals surface area contributed by atoms with Crippen LogP contribution in [-0.2, 0) is 4.79 Å². The molecular formula is C22H18F4N2O3S. The Morgan fingerprint density at radius 2 is 1.91 bits per heavy atom. The number of benzene rings is 2. The molecule has 1 amide bonds. The van der Waals surface area contributed by atoms with Gasteiger partial charge in [0.1, 0.15) is 16.5 Å². The lowest BCUT2D eigenvalue weighted by molar-refractivity contribution is -0.126. The minimum Gasteiger partial charge on any atom is -0.435 e. The van der Waals surface area contributed by atoms with Crippen LogP contribution in [0.1, 0.15) is 29.5 Å². The second-order valence-corrected chi connectivity index (χ2v) is 8.06. The third-order valence-electron chi connectivity index (χ3n) is 4.96. The van der Waals surface area contributed by atoms with Crippen molar-refractivity contribution in [2.24, 2.45) is 0 Å². The number of para-hydroxylation sites is 1. The van der Waals surface area contributed by atoms with Gasteiger partial charge in [-0.3, -0.25) is 4.79 Å². The summed E-state index contributed by atoms with van der Waals surface area (Å²) in [6.45, 7) is -5.72. The van der Waals surface area contributed by atoms with Crippen molar-refractivity contribution >= 4 is 33.5 Å². The number of carbonyl (C=O) groups is 1. The van der Waals surface area contributed by atoms with Crippen molar-refractivity contribution in [3.05, 3.63) is 59.1 Å². The van der Waals surface area contributed by atoms with E-state index in [4.69, 9.17) is 0 Å². The number of halogens is 4. The summed E-state index contributed by atoms with van der Waals surface area (Å²) < 4.78 is 60.0. The van der Waals surface area contributed by atoms with Crippen LogP contribution >= 0.6 is 11.3 Å². The fourth-order valence-corrected chi connectivity index (χ4v) is 4.72. The van der Waals surface area contributed by atoms with Gasteiger partial charge in [0.05, 0.1) is 16.3 Å². The van der Waals surface area contributed by atoms with Gasteiger partial charge >= 0.3 is 13.2 Å². The molecule has 0 N–H and O–H groups in total. The number of likely N-dealkylation sites (tertiary alicyclic amines) is 1.